The normalized spacial score (nSPS) is 16.3. The third-order valence-electron chi connectivity index (χ3n) is 6.46. The molecule has 0 aromatic heterocycles. The summed E-state index contributed by atoms with van der Waals surface area (Å²) in [5.41, 5.74) is 2.83. The molecule has 0 fully saturated rings. The predicted molar refractivity (Wildman–Crippen MR) is 130 cm³/mol. The van der Waals surface area contributed by atoms with Crippen LogP contribution in [0.15, 0.2) is 39.6 Å². The van der Waals surface area contributed by atoms with Crippen LogP contribution in [-0.2, 0) is 5.41 Å². The first kappa shape index (κ1) is 23.3. The average Bonchev–Trinajstić information content (AvgIpc) is 2.98. The van der Waals surface area contributed by atoms with Crippen LogP contribution in [0, 0.1) is 0 Å². The number of para-hydroxylation sites is 1. The Morgan fingerprint density at radius 3 is 2.32 bits per heavy atom. The van der Waals surface area contributed by atoms with Gasteiger partial charge in [0.1, 0.15) is 0 Å². The van der Waals surface area contributed by atoms with Crippen molar-refractivity contribution in [1.29, 1.82) is 0 Å². The molecular weight excluding hydrogens is 386 g/mol. The van der Waals surface area contributed by atoms with Crippen LogP contribution in [0.2, 0.25) is 0 Å². The van der Waals surface area contributed by atoms with Gasteiger partial charge in [-0.15, -0.1) is 0 Å². The lowest BCUT2D eigenvalue weighted by molar-refractivity contribution is 0.302. The van der Waals surface area contributed by atoms with Crippen molar-refractivity contribution in [3.8, 4) is 5.75 Å². The van der Waals surface area contributed by atoms with E-state index in [1.807, 2.05) is 6.08 Å². The molecule has 1 aliphatic rings. The van der Waals surface area contributed by atoms with Gasteiger partial charge in [-0.05, 0) is 30.5 Å². The van der Waals surface area contributed by atoms with Crippen LogP contribution >= 0.6 is 0 Å². The Morgan fingerprint density at radius 1 is 0.903 bits per heavy atom. The summed E-state index contributed by atoms with van der Waals surface area (Å²) in [6.07, 6.45) is 11.2. The Morgan fingerprint density at radius 2 is 1.58 bits per heavy atom. The van der Waals surface area contributed by atoms with Crippen molar-refractivity contribution in [3.63, 3.8) is 0 Å². The van der Waals surface area contributed by atoms with Crippen LogP contribution in [-0.4, -0.2) is 13.2 Å². The smallest absolute Gasteiger partial charge is 0.268 e. The van der Waals surface area contributed by atoms with Crippen LogP contribution < -0.4 is 20.5 Å². The fourth-order valence-corrected chi connectivity index (χ4v) is 4.51. The zero-order valence-electron chi connectivity index (χ0n) is 19.6. The van der Waals surface area contributed by atoms with Crippen molar-refractivity contribution in [2.24, 2.45) is 0 Å². The van der Waals surface area contributed by atoms with Gasteiger partial charge in [0.2, 0.25) is 5.43 Å². The Balaban J connectivity index is 1.87. The molecular formula is C27H37NO3. The molecule has 1 aliphatic heterocycles. The molecule has 4 nitrogen and oxygen atoms in total. The van der Waals surface area contributed by atoms with E-state index in [0.29, 0.717) is 12.2 Å². The van der Waals surface area contributed by atoms with E-state index in [2.05, 4.69) is 56.9 Å². The second kappa shape index (κ2) is 10.3. The van der Waals surface area contributed by atoms with Gasteiger partial charge in [-0.25, -0.2) is 0 Å². The quantitative estimate of drug-likeness (QED) is 0.312. The maximum atomic E-state index is 12.4. The van der Waals surface area contributed by atoms with Gasteiger partial charge in [-0.2, -0.15) is 0 Å². The monoisotopic (exact) mass is 423 g/mol. The molecule has 0 N–H and O–H groups in total. The molecule has 3 rings (SSSR count). The summed E-state index contributed by atoms with van der Waals surface area (Å²) in [4.78, 5) is 26.9. The molecule has 0 unspecified atom stereocenters. The van der Waals surface area contributed by atoms with Crippen LogP contribution in [0.1, 0.15) is 90.2 Å². The summed E-state index contributed by atoms with van der Waals surface area (Å²) in [6, 6.07) is 8.48. The van der Waals surface area contributed by atoms with Crippen LogP contribution in [0.5, 0.6) is 5.75 Å². The summed E-state index contributed by atoms with van der Waals surface area (Å²) in [5, 5.41) is 0. The molecule has 1 heterocycles. The molecule has 168 valence electrons. The highest BCUT2D eigenvalue weighted by Crippen LogP contribution is 2.48. The second-order valence-electron chi connectivity index (χ2n) is 9.19. The van der Waals surface area contributed by atoms with Crippen molar-refractivity contribution < 1.29 is 4.74 Å². The number of hydrogen-bond donors (Lipinski definition) is 0. The first-order chi connectivity index (χ1) is 14.9. The third kappa shape index (κ3) is 4.78. The summed E-state index contributed by atoms with van der Waals surface area (Å²) in [7, 11) is 0. The van der Waals surface area contributed by atoms with Crippen molar-refractivity contribution in [3.05, 3.63) is 61.5 Å². The second-order valence-corrected chi connectivity index (χ2v) is 9.19. The Bertz CT molecular complexity index is 979. The van der Waals surface area contributed by atoms with E-state index >= 15 is 0 Å². The number of anilines is 1. The molecule has 2 aromatic carbocycles. The third-order valence-corrected chi connectivity index (χ3v) is 6.46. The van der Waals surface area contributed by atoms with Crippen molar-refractivity contribution in [2.45, 2.75) is 84.5 Å². The van der Waals surface area contributed by atoms with E-state index in [4.69, 9.17) is 4.74 Å². The van der Waals surface area contributed by atoms with E-state index < -0.39 is 10.9 Å². The van der Waals surface area contributed by atoms with Gasteiger partial charge in [-0.1, -0.05) is 84.4 Å². The molecule has 2 aromatic rings. The van der Waals surface area contributed by atoms with Crippen LogP contribution in [0.4, 0.5) is 5.69 Å². The minimum atomic E-state index is -0.487. The zero-order valence-corrected chi connectivity index (χ0v) is 19.6. The number of unbranched alkanes of at least 4 members (excludes halogenated alkanes) is 6. The SMILES string of the molecule is CCCCCCCCN1/C(=C/c2c(OCCCC)c(=O)c2=O)C(C)(C)c2ccccc21. The number of nitrogens with zero attached hydrogens (tertiary/aromatic N) is 1. The minimum Gasteiger partial charge on any atom is -0.489 e. The number of allylic oxidation sites excluding steroid dienone is 1. The number of rotatable bonds is 12. The van der Waals surface area contributed by atoms with Gasteiger partial charge < -0.3 is 9.64 Å². The average molecular weight is 424 g/mol. The molecule has 0 bridgehead atoms. The molecule has 0 atom stereocenters. The van der Waals surface area contributed by atoms with Gasteiger partial charge in [0.15, 0.2) is 5.75 Å². The maximum absolute atomic E-state index is 12.4. The summed E-state index contributed by atoms with van der Waals surface area (Å²) in [5.74, 6) is 0.247. The van der Waals surface area contributed by atoms with E-state index in [0.717, 1.165) is 31.5 Å². The highest BCUT2D eigenvalue weighted by atomic mass is 16.5. The lowest BCUT2D eigenvalue weighted by atomic mass is 9.83. The van der Waals surface area contributed by atoms with Crippen molar-refractivity contribution in [1.82, 2.24) is 0 Å². The molecule has 0 radical (unpaired) electrons. The topological polar surface area (TPSA) is 46.6 Å². The molecule has 0 spiro atoms. The zero-order chi connectivity index (χ0) is 22.4. The van der Waals surface area contributed by atoms with Gasteiger partial charge in [0, 0.05) is 23.3 Å². The highest BCUT2D eigenvalue weighted by Gasteiger charge is 2.40. The molecule has 0 aliphatic carbocycles. The largest absolute Gasteiger partial charge is 0.489 e. The van der Waals surface area contributed by atoms with Gasteiger partial charge >= 0.3 is 0 Å². The van der Waals surface area contributed by atoms with Crippen LogP contribution in [0.25, 0.3) is 6.08 Å². The molecule has 0 saturated heterocycles. The van der Waals surface area contributed by atoms with Gasteiger partial charge in [-0.3, -0.25) is 9.59 Å². The lowest BCUT2D eigenvalue weighted by Gasteiger charge is -2.28. The van der Waals surface area contributed by atoms with E-state index in [9.17, 15) is 9.59 Å². The number of fused-ring (bicyclic) bond motifs is 1. The van der Waals surface area contributed by atoms with Crippen molar-refractivity contribution >= 4 is 11.8 Å². The first-order valence-electron chi connectivity index (χ1n) is 12.0. The Labute approximate surface area is 186 Å². The molecule has 0 amide bonds. The minimum absolute atomic E-state index is 0.237. The van der Waals surface area contributed by atoms with E-state index in [1.165, 1.54) is 43.4 Å². The van der Waals surface area contributed by atoms with Gasteiger partial charge in [0.05, 0.1) is 12.2 Å². The number of ether oxygens (including phenoxy) is 1. The standard InChI is InChI=1S/C27H37NO3/c1-5-7-9-10-11-14-17-28-22-16-13-12-15-21(22)27(3,4)23(28)19-20-24(29)25(30)26(20)31-18-8-6-2/h12-13,15-16,19H,5-11,14,17-18H2,1-4H3/b23-19+. The number of hydrogen-bond acceptors (Lipinski definition) is 4. The number of benzene rings is 1. The van der Waals surface area contributed by atoms with E-state index in [1.54, 1.807) is 0 Å². The highest BCUT2D eigenvalue weighted by molar-refractivity contribution is 5.77. The lowest BCUT2D eigenvalue weighted by Crippen LogP contribution is -2.36. The molecule has 4 heteroatoms. The Hall–Kier alpha value is -2.36. The fraction of sp³-hybridized carbons (Fsp3) is 0.556. The summed E-state index contributed by atoms with van der Waals surface area (Å²) in [6.45, 7) is 10.1. The predicted octanol–water partition coefficient (Wildman–Crippen LogP) is 5.96. The fourth-order valence-electron chi connectivity index (χ4n) is 4.51. The summed E-state index contributed by atoms with van der Waals surface area (Å²) >= 11 is 0. The Kier molecular flexibility index (Phi) is 7.74. The first-order valence-corrected chi connectivity index (χ1v) is 12.0. The maximum Gasteiger partial charge on any atom is 0.268 e. The molecule has 0 saturated carbocycles. The van der Waals surface area contributed by atoms with Crippen molar-refractivity contribution in [2.75, 3.05) is 18.1 Å². The van der Waals surface area contributed by atoms with E-state index in [-0.39, 0.29) is 11.2 Å². The van der Waals surface area contributed by atoms with Crippen LogP contribution in [0.3, 0.4) is 0 Å². The molecule has 31 heavy (non-hydrogen) atoms. The van der Waals surface area contributed by atoms with Gasteiger partial charge in [0.25, 0.3) is 5.43 Å². The summed E-state index contributed by atoms with van der Waals surface area (Å²) < 4.78 is 5.69.